The van der Waals surface area contributed by atoms with Gasteiger partial charge in [-0.3, -0.25) is 4.98 Å². The highest BCUT2D eigenvalue weighted by Gasteiger charge is 2.27. The monoisotopic (exact) mass is 411 g/mol. The zero-order valence-electron chi connectivity index (χ0n) is 17.5. The van der Waals surface area contributed by atoms with Crippen LogP contribution in [0.15, 0.2) is 36.5 Å². The van der Waals surface area contributed by atoms with Crippen molar-refractivity contribution in [1.29, 1.82) is 5.26 Å². The van der Waals surface area contributed by atoms with E-state index in [9.17, 15) is 9.18 Å². The molecule has 1 aromatic heterocycles. The van der Waals surface area contributed by atoms with E-state index in [-0.39, 0.29) is 18.3 Å². The average Bonchev–Trinajstić information content (AvgIpc) is 2.71. The van der Waals surface area contributed by atoms with Crippen LogP contribution in [0.2, 0.25) is 0 Å². The molecule has 158 valence electrons. The summed E-state index contributed by atoms with van der Waals surface area (Å²) in [6.07, 6.45) is 3.31. The molecule has 0 atom stereocenters. The molecule has 3 rings (SSSR count). The second kappa shape index (κ2) is 9.12. The number of carbonyl (C=O) groups is 1. The molecule has 0 aliphatic carbocycles. The molecular formula is C23H26FN3O3. The predicted octanol–water partition coefficient (Wildman–Crippen LogP) is 4.79. The van der Waals surface area contributed by atoms with Crippen molar-refractivity contribution < 1.29 is 18.7 Å². The number of nitriles is 1. The molecule has 2 aromatic rings. The lowest BCUT2D eigenvalue weighted by Crippen LogP contribution is -2.41. The van der Waals surface area contributed by atoms with Gasteiger partial charge >= 0.3 is 6.09 Å². The minimum atomic E-state index is -0.601. The maximum absolute atomic E-state index is 13.6. The van der Waals surface area contributed by atoms with Crippen molar-refractivity contribution in [2.75, 3.05) is 13.1 Å². The number of hydrogen-bond acceptors (Lipinski definition) is 5. The van der Waals surface area contributed by atoms with E-state index < -0.39 is 11.4 Å². The third kappa shape index (κ3) is 5.69. The summed E-state index contributed by atoms with van der Waals surface area (Å²) >= 11 is 0. The second-order valence-electron chi connectivity index (χ2n) is 8.37. The predicted molar refractivity (Wildman–Crippen MR) is 109 cm³/mol. The lowest BCUT2D eigenvalue weighted by Gasteiger charge is -2.33. The Hall–Kier alpha value is -3.14. The van der Waals surface area contributed by atoms with Gasteiger partial charge in [-0.2, -0.15) is 5.26 Å². The standard InChI is InChI=1S/C23H26FN3O3/c1-23(2,3)30-22(28)27-10-8-16(9-11-27)18-4-6-19(26-14-18)15-29-20-7-5-17(13-25)21(24)12-20/h4-7,12,14,16H,8-11,15H2,1-3H3. The molecule has 1 aromatic carbocycles. The van der Waals surface area contributed by atoms with Crippen molar-refractivity contribution in [3.8, 4) is 11.8 Å². The molecular weight excluding hydrogens is 385 g/mol. The van der Waals surface area contributed by atoms with E-state index in [1.807, 2.05) is 39.1 Å². The molecule has 0 N–H and O–H groups in total. The molecule has 0 spiro atoms. The number of rotatable bonds is 4. The molecule has 2 heterocycles. The van der Waals surface area contributed by atoms with Gasteiger partial charge in [0.1, 0.15) is 29.8 Å². The fourth-order valence-corrected chi connectivity index (χ4v) is 3.32. The largest absolute Gasteiger partial charge is 0.487 e. The summed E-state index contributed by atoms with van der Waals surface area (Å²) in [5, 5.41) is 8.77. The smallest absolute Gasteiger partial charge is 0.410 e. The lowest BCUT2D eigenvalue weighted by atomic mass is 9.90. The van der Waals surface area contributed by atoms with Crippen LogP contribution >= 0.6 is 0 Å². The minimum Gasteiger partial charge on any atom is -0.487 e. The molecule has 0 saturated carbocycles. The molecule has 0 unspecified atom stereocenters. The molecule has 0 bridgehead atoms. The van der Waals surface area contributed by atoms with Crippen LogP contribution in [0.1, 0.15) is 56.4 Å². The lowest BCUT2D eigenvalue weighted by molar-refractivity contribution is 0.0205. The van der Waals surface area contributed by atoms with E-state index in [2.05, 4.69) is 4.98 Å². The third-order valence-corrected chi connectivity index (χ3v) is 4.91. The summed E-state index contributed by atoms with van der Waals surface area (Å²) in [5.74, 6) is 0.0988. The summed E-state index contributed by atoms with van der Waals surface area (Å²) in [4.78, 5) is 18.4. The number of hydrogen-bond donors (Lipinski definition) is 0. The zero-order chi connectivity index (χ0) is 21.7. The Morgan fingerprint density at radius 3 is 2.57 bits per heavy atom. The zero-order valence-corrected chi connectivity index (χ0v) is 17.5. The Morgan fingerprint density at radius 2 is 2.00 bits per heavy atom. The highest BCUT2D eigenvalue weighted by molar-refractivity contribution is 5.68. The maximum atomic E-state index is 13.6. The van der Waals surface area contributed by atoms with Crippen LogP contribution in [0.4, 0.5) is 9.18 Å². The van der Waals surface area contributed by atoms with Gasteiger partial charge in [0.05, 0.1) is 11.3 Å². The number of nitrogens with zero attached hydrogens (tertiary/aromatic N) is 3. The number of aromatic nitrogens is 1. The van der Waals surface area contributed by atoms with Crippen LogP contribution < -0.4 is 4.74 Å². The van der Waals surface area contributed by atoms with Gasteiger partial charge in [0, 0.05) is 25.4 Å². The van der Waals surface area contributed by atoms with Crippen molar-refractivity contribution in [1.82, 2.24) is 9.88 Å². The first-order valence-corrected chi connectivity index (χ1v) is 10.0. The Morgan fingerprint density at radius 1 is 1.27 bits per heavy atom. The molecule has 6 nitrogen and oxygen atoms in total. The van der Waals surface area contributed by atoms with Gasteiger partial charge in [-0.05, 0) is 63.3 Å². The van der Waals surface area contributed by atoms with E-state index in [4.69, 9.17) is 14.7 Å². The summed E-state index contributed by atoms with van der Waals surface area (Å²) < 4.78 is 24.6. The Kier molecular flexibility index (Phi) is 6.56. The minimum absolute atomic E-state index is 0.0115. The number of carbonyl (C=O) groups excluding carboxylic acids is 1. The Balaban J connectivity index is 1.51. The summed E-state index contributed by atoms with van der Waals surface area (Å²) in [6.45, 7) is 7.14. The number of likely N-dealkylation sites (tertiary alicyclic amines) is 1. The third-order valence-electron chi connectivity index (χ3n) is 4.91. The molecule has 1 aliphatic heterocycles. The molecule has 1 saturated heterocycles. The maximum Gasteiger partial charge on any atom is 0.410 e. The SMILES string of the molecule is CC(C)(C)OC(=O)N1CCC(c2ccc(COc3ccc(C#N)c(F)c3)nc2)CC1. The van der Waals surface area contributed by atoms with Gasteiger partial charge in [-0.25, -0.2) is 9.18 Å². The molecule has 0 radical (unpaired) electrons. The average molecular weight is 411 g/mol. The summed E-state index contributed by atoms with van der Waals surface area (Å²) in [6, 6.07) is 9.86. The van der Waals surface area contributed by atoms with E-state index >= 15 is 0 Å². The van der Waals surface area contributed by atoms with Crippen molar-refractivity contribution in [3.05, 3.63) is 59.2 Å². The number of ether oxygens (including phenoxy) is 2. The van der Waals surface area contributed by atoms with Gasteiger partial charge in [0.15, 0.2) is 0 Å². The first-order valence-electron chi connectivity index (χ1n) is 10.0. The first-order chi connectivity index (χ1) is 14.2. The quantitative estimate of drug-likeness (QED) is 0.723. The normalized spacial score (nSPS) is 14.8. The first kappa shape index (κ1) is 21.6. The van der Waals surface area contributed by atoms with Gasteiger partial charge in [0.25, 0.3) is 0 Å². The van der Waals surface area contributed by atoms with Gasteiger partial charge < -0.3 is 14.4 Å². The van der Waals surface area contributed by atoms with Crippen LogP contribution in [0, 0.1) is 17.1 Å². The number of pyridine rings is 1. The van der Waals surface area contributed by atoms with Crippen molar-refractivity contribution in [2.24, 2.45) is 0 Å². The highest BCUT2D eigenvalue weighted by atomic mass is 19.1. The van der Waals surface area contributed by atoms with Crippen LogP contribution in [0.25, 0.3) is 0 Å². The molecule has 1 amide bonds. The van der Waals surface area contributed by atoms with Crippen LogP contribution in [-0.2, 0) is 11.3 Å². The van der Waals surface area contributed by atoms with Crippen LogP contribution in [-0.4, -0.2) is 34.7 Å². The molecule has 30 heavy (non-hydrogen) atoms. The summed E-state index contributed by atoms with van der Waals surface area (Å²) in [7, 11) is 0. The number of amides is 1. The number of piperidine rings is 1. The second-order valence-corrected chi connectivity index (χ2v) is 8.37. The fourth-order valence-electron chi connectivity index (χ4n) is 3.32. The number of benzene rings is 1. The number of halogens is 1. The Labute approximate surface area is 176 Å². The highest BCUT2D eigenvalue weighted by Crippen LogP contribution is 2.28. The fraction of sp³-hybridized carbons (Fsp3) is 0.435. The van der Waals surface area contributed by atoms with E-state index in [0.717, 1.165) is 24.1 Å². The van der Waals surface area contributed by atoms with Crippen LogP contribution in [0.3, 0.4) is 0 Å². The Bertz CT molecular complexity index is 924. The van der Waals surface area contributed by atoms with E-state index in [1.165, 1.54) is 12.1 Å². The van der Waals surface area contributed by atoms with Crippen LogP contribution in [0.5, 0.6) is 5.75 Å². The molecule has 1 fully saturated rings. The summed E-state index contributed by atoms with van der Waals surface area (Å²) in [5.41, 5.74) is 1.36. The molecule has 1 aliphatic rings. The van der Waals surface area contributed by atoms with Crippen molar-refractivity contribution >= 4 is 6.09 Å². The van der Waals surface area contributed by atoms with Gasteiger partial charge in [0.2, 0.25) is 0 Å². The van der Waals surface area contributed by atoms with Crippen molar-refractivity contribution in [2.45, 2.75) is 51.7 Å². The van der Waals surface area contributed by atoms with E-state index in [1.54, 1.807) is 17.0 Å². The molecule has 7 heteroatoms. The topological polar surface area (TPSA) is 75.4 Å². The van der Waals surface area contributed by atoms with Gasteiger partial charge in [-0.1, -0.05) is 6.07 Å². The van der Waals surface area contributed by atoms with E-state index in [0.29, 0.717) is 24.8 Å². The van der Waals surface area contributed by atoms with Crippen molar-refractivity contribution in [3.63, 3.8) is 0 Å². The van der Waals surface area contributed by atoms with Gasteiger partial charge in [-0.15, -0.1) is 0 Å².